The van der Waals surface area contributed by atoms with Gasteiger partial charge in [-0.1, -0.05) is 25.1 Å². The molecule has 0 aliphatic carbocycles. The number of rotatable bonds is 6. The number of fused-ring (bicyclic) bond motifs is 1. The highest BCUT2D eigenvalue weighted by molar-refractivity contribution is 7.98. The van der Waals surface area contributed by atoms with E-state index in [0.717, 1.165) is 12.0 Å². The van der Waals surface area contributed by atoms with Crippen LogP contribution >= 0.6 is 11.8 Å². The van der Waals surface area contributed by atoms with Crippen LogP contribution in [0.5, 0.6) is 0 Å². The Morgan fingerprint density at radius 1 is 1.19 bits per heavy atom. The highest BCUT2D eigenvalue weighted by Crippen LogP contribution is 2.16. The summed E-state index contributed by atoms with van der Waals surface area (Å²) in [5.74, 6) is -0.281. The van der Waals surface area contributed by atoms with E-state index in [9.17, 15) is 9.59 Å². The molecule has 0 fully saturated rings. The van der Waals surface area contributed by atoms with E-state index in [4.69, 9.17) is 0 Å². The van der Waals surface area contributed by atoms with Gasteiger partial charge in [0.2, 0.25) is 0 Å². The zero-order chi connectivity index (χ0) is 18.5. The number of carbonyl (C=O) groups excluding carboxylic acids is 1. The topological polar surface area (TPSA) is 54.7 Å². The van der Waals surface area contributed by atoms with Crippen molar-refractivity contribution in [3.05, 3.63) is 76.3 Å². The SMILES string of the molecule is CCCN(Cc1ccc(SC)cc1)C(=O)c1cnc2ccccn2c1=O. The summed E-state index contributed by atoms with van der Waals surface area (Å²) in [5.41, 5.74) is 1.34. The van der Waals surface area contributed by atoms with E-state index in [0.29, 0.717) is 18.7 Å². The molecule has 3 aromatic rings. The quantitative estimate of drug-likeness (QED) is 0.626. The van der Waals surface area contributed by atoms with Crippen molar-refractivity contribution >= 4 is 23.3 Å². The standard InChI is InChI=1S/C20H21N3O2S/c1-3-11-22(14-15-7-9-16(26-2)10-8-15)19(24)17-13-21-18-6-4-5-12-23(18)20(17)25/h4-10,12-13H,3,11,14H2,1-2H3. The zero-order valence-corrected chi connectivity index (χ0v) is 15.7. The van der Waals surface area contributed by atoms with Crippen molar-refractivity contribution in [2.75, 3.05) is 12.8 Å². The van der Waals surface area contributed by atoms with Crippen molar-refractivity contribution in [2.45, 2.75) is 24.8 Å². The number of hydrogen-bond donors (Lipinski definition) is 0. The van der Waals surface area contributed by atoms with Gasteiger partial charge in [0, 0.05) is 30.4 Å². The second-order valence-electron chi connectivity index (χ2n) is 5.98. The van der Waals surface area contributed by atoms with E-state index in [1.165, 1.54) is 15.5 Å². The number of benzene rings is 1. The molecule has 0 aliphatic heterocycles. The fourth-order valence-electron chi connectivity index (χ4n) is 2.82. The largest absolute Gasteiger partial charge is 0.334 e. The Morgan fingerprint density at radius 3 is 2.65 bits per heavy atom. The maximum absolute atomic E-state index is 13.0. The molecule has 1 aromatic carbocycles. The van der Waals surface area contributed by atoms with Crippen LogP contribution in [0.3, 0.4) is 0 Å². The first kappa shape index (κ1) is 18.2. The Morgan fingerprint density at radius 2 is 1.96 bits per heavy atom. The first-order valence-electron chi connectivity index (χ1n) is 8.52. The van der Waals surface area contributed by atoms with Gasteiger partial charge in [-0.2, -0.15) is 0 Å². The van der Waals surface area contributed by atoms with Crippen molar-refractivity contribution in [1.82, 2.24) is 14.3 Å². The third kappa shape index (κ3) is 3.80. The lowest BCUT2D eigenvalue weighted by atomic mass is 10.2. The van der Waals surface area contributed by atoms with Crippen LogP contribution < -0.4 is 5.56 Å². The van der Waals surface area contributed by atoms with Crippen LogP contribution in [0.15, 0.2) is 64.5 Å². The minimum atomic E-state index is -0.334. The van der Waals surface area contributed by atoms with Crippen molar-refractivity contribution < 1.29 is 4.79 Å². The van der Waals surface area contributed by atoms with Gasteiger partial charge in [0.25, 0.3) is 11.5 Å². The van der Waals surface area contributed by atoms with Crippen LogP contribution in [-0.4, -0.2) is 33.0 Å². The summed E-state index contributed by atoms with van der Waals surface area (Å²) in [6.07, 6.45) is 5.87. The molecule has 0 spiro atoms. The molecule has 134 valence electrons. The Bertz CT molecular complexity index is 967. The molecule has 0 N–H and O–H groups in total. The molecular formula is C20H21N3O2S. The minimum Gasteiger partial charge on any atom is -0.334 e. The molecule has 26 heavy (non-hydrogen) atoms. The van der Waals surface area contributed by atoms with Crippen molar-refractivity contribution in [3.8, 4) is 0 Å². The Kier molecular flexibility index (Phi) is 5.73. The molecule has 2 aromatic heterocycles. The van der Waals surface area contributed by atoms with Gasteiger partial charge in [-0.05, 0) is 42.5 Å². The summed E-state index contributed by atoms with van der Waals surface area (Å²) in [6, 6.07) is 13.4. The van der Waals surface area contributed by atoms with Gasteiger partial charge >= 0.3 is 0 Å². The summed E-state index contributed by atoms with van der Waals surface area (Å²) in [4.78, 5) is 32.8. The van der Waals surface area contributed by atoms with Crippen LogP contribution in [0.4, 0.5) is 0 Å². The number of aromatic nitrogens is 2. The lowest BCUT2D eigenvalue weighted by molar-refractivity contribution is 0.0740. The minimum absolute atomic E-state index is 0.0999. The highest BCUT2D eigenvalue weighted by atomic mass is 32.2. The Balaban J connectivity index is 1.91. The van der Waals surface area contributed by atoms with E-state index in [1.54, 1.807) is 35.0 Å². The molecule has 3 rings (SSSR count). The molecule has 2 heterocycles. The molecule has 1 amide bonds. The number of thioether (sulfide) groups is 1. The highest BCUT2D eigenvalue weighted by Gasteiger charge is 2.20. The Labute approximate surface area is 156 Å². The van der Waals surface area contributed by atoms with E-state index >= 15 is 0 Å². The fourth-order valence-corrected chi connectivity index (χ4v) is 3.23. The van der Waals surface area contributed by atoms with Crippen molar-refractivity contribution in [1.29, 1.82) is 0 Å². The molecule has 0 unspecified atom stereocenters. The summed E-state index contributed by atoms with van der Waals surface area (Å²) in [5, 5.41) is 0. The summed E-state index contributed by atoms with van der Waals surface area (Å²) < 4.78 is 1.41. The average molecular weight is 367 g/mol. The second-order valence-corrected chi connectivity index (χ2v) is 6.86. The average Bonchev–Trinajstić information content (AvgIpc) is 2.68. The molecule has 0 aliphatic rings. The molecule has 0 saturated heterocycles. The van der Waals surface area contributed by atoms with Crippen LogP contribution in [0.25, 0.3) is 5.65 Å². The maximum Gasteiger partial charge on any atom is 0.270 e. The maximum atomic E-state index is 13.0. The van der Waals surface area contributed by atoms with Gasteiger partial charge in [0.05, 0.1) is 0 Å². The van der Waals surface area contributed by atoms with Crippen molar-refractivity contribution in [3.63, 3.8) is 0 Å². The van der Waals surface area contributed by atoms with Gasteiger partial charge < -0.3 is 4.90 Å². The predicted octanol–water partition coefficient (Wildman–Crippen LogP) is 3.47. The lowest BCUT2D eigenvalue weighted by Crippen LogP contribution is -2.36. The van der Waals surface area contributed by atoms with Gasteiger partial charge in [-0.3, -0.25) is 14.0 Å². The molecule has 0 atom stereocenters. The van der Waals surface area contributed by atoms with Crippen LogP contribution in [0.2, 0.25) is 0 Å². The smallest absolute Gasteiger partial charge is 0.270 e. The van der Waals surface area contributed by atoms with Gasteiger partial charge in [-0.25, -0.2) is 4.98 Å². The zero-order valence-electron chi connectivity index (χ0n) is 14.9. The van der Waals surface area contributed by atoms with Crippen LogP contribution in [0, 0.1) is 0 Å². The number of amides is 1. The third-order valence-electron chi connectivity index (χ3n) is 4.16. The molecule has 0 radical (unpaired) electrons. The van der Waals surface area contributed by atoms with Crippen LogP contribution in [0.1, 0.15) is 29.3 Å². The summed E-state index contributed by atoms with van der Waals surface area (Å²) >= 11 is 1.68. The van der Waals surface area contributed by atoms with Gasteiger partial charge in [0.1, 0.15) is 11.2 Å². The number of hydrogen-bond acceptors (Lipinski definition) is 4. The molecular weight excluding hydrogens is 346 g/mol. The normalized spacial score (nSPS) is 10.8. The van der Waals surface area contributed by atoms with E-state index in [-0.39, 0.29) is 17.0 Å². The first-order valence-corrected chi connectivity index (χ1v) is 9.75. The lowest BCUT2D eigenvalue weighted by Gasteiger charge is -2.22. The predicted molar refractivity (Wildman–Crippen MR) is 105 cm³/mol. The number of pyridine rings is 1. The third-order valence-corrected chi connectivity index (χ3v) is 4.90. The number of nitrogens with zero attached hydrogens (tertiary/aromatic N) is 3. The molecule has 5 nitrogen and oxygen atoms in total. The summed E-state index contributed by atoms with van der Waals surface area (Å²) in [6.45, 7) is 3.07. The first-order chi connectivity index (χ1) is 12.6. The van der Waals surface area contributed by atoms with Gasteiger partial charge in [0.15, 0.2) is 0 Å². The van der Waals surface area contributed by atoms with Crippen molar-refractivity contribution in [2.24, 2.45) is 0 Å². The molecule has 0 saturated carbocycles. The molecule has 6 heteroatoms. The second kappa shape index (κ2) is 8.19. The molecule has 0 bridgehead atoms. The van der Waals surface area contributed by atoms with Crippen LogP contribution in [-0.2, 0) is 6.54 Å². The van der Waals surface area contributed by atoms with E-state index in [2.05, 4.69) is 4.98 Å². The Hall–Kier alpha value is -2.60. The van der Waals surface area contributed by atoms with E-state index < -0.39 is 0 Å². The monoisotopic (exact) mass is 367 g/mol. The van der Waals surface area contributed by atoms with Gasteiger partial charge in [-0.15, -0.1) is 11.8 Å². The number of carbonyl (C=O) groups is 1. The fraction of sp³-hybridized carbons (Fsp3) is 0.250. The summed E-state index contributed by atoms with van der Waals surface area (Å²) in [7, 11) is 0. The van der Waals surface area contributed by atoms with E-state index in [1.807, 2.05) is 43.5 Å².